The van der Waals surface area contributed by atoms with Crippen LogP contribution >= 0.6 is 0 Å². The summed E-state index contributed by atoms with van der Waals surface area (Å²) in [7, 11) is 3.30. The SMILES string of the molecule is COc1cccc(NC2CCN(c3cc4ncccc4cc3O)CC2)c1OC. The second-order valence-corrected chi connectivity index (χ2v) is 6.98. The smallest absolute Gasteiger partial charge is 0.183 e. The average Bonchev–Trinajstić information content (AvgIpc) is 2.73. The van der Waals surface area contributed by atoms with E-state index in [-0.39, 0.29) is 0 Å². The van der Waals surface area contributed by atoms with Gasteiger partial charge in [-0.3, -0.25) is 4.98 Å². The molecular formula is C22H25N3O3. The molecule has 0 radical (unpaired) electrons. The zero-order valence-electron chi connectivity index (χ0n) is 16.2. The van der Waals surface area contributed by atoms with Gasteiger partial charge in [0.2, 0.25) is 0 Å². The molecule has 2 aromatic carbocycles. The molecule has 2 heterocycles. The van der Waals surface area contributed by atoms with E-state index in [9.17, 15) is 5.11 Å². The van der Waals surface area contributed by atoms with E-state index in [0.717, 1.165) is 59.7 Å². The number of phenols is 1. The molecule has 3 aromatic rings. The molecule has 0 bridgehead atoms. The molecule has 28 heavy (non-hydrogen) atoms. The number of rotatable bonds is 5. The van der Waals surface area contributed by atoms with E-state index in [1.807, 2.05) is 36.4 Å². The number of hydrogen-bond donors (Lipinski definition) is 2. The number of nitrogens with one attached hydrogen (secondary N) is 1. The summed E-state index contributed by atoms with van der Waals surface area (Å²) in [6, 6.07) is 13.8. The summed E-state index contributed by atoms with van der Waals surface area (Å²) in [6.07, 6.45) is 3.70. The van der Waals surface area contributed by atoms with E-state index in [4.69, 9.17) is 9.47 Å². The number of aromatic nitrogens is 1. The Morgan fingerprint density at radius 2 is 1.89 bits per heavy atom. The maximum atomic E-state index is 10.5. The Kier molecular flexibility index (Phi) is 5.10. The second-order valence-electron chi connectivity index (χ2n) is 6.98. The summed E-state index contributed by atoms with van der Waals surface area (Å²) in [5.41, 5.74) is 2.69. The predicted octanol–water partition coefficient (Wildman–Crippen LogP) is 4.04. The number of ether oxygens (including phenoxy) is 2. The largest absolute Gasteiger partial charge is 0.506 e. The monoisotopic (exact) mass is 379 g/mol. The number of benzene rings is 2. The fourth-order valence-corrected chi connectivity index (χ4v) is 3.84. The van der Waals surface area contributed by atoms with E-state index in [2.05, 4.69) is 15.2 Å². The number of methoxy groups -OCH3 is 2. The zero-order valence-corrected chi connectivity index (χ0v) is 16.2. The molecule has 6 heteroatoms. The van der Waals surface area contributed by atoms with Crippen molar-refractivity contribution < 1.29 is 14.6 Å². The standard InChI is InChI=1S/C22H25N3O3/c1-27-21-7-3-6-17(22(21)28-2)24-16-8-11-25(12-9-16)19-14-18-15(13-20(19)26)5-4-10-23-18/h3-7,10,13-14,16,24,26H,8-9,11-12H2,1-2H3. The lowest BCUT2D eigenvalue weighted by Crippen LogP contribution is -2.39. The van der Waals surface area contributed by atoms with Gasteiger partial charge < -0.3 is 24.8 Å². The van der Waals surface area contributed by atoms with E-state index in [1.165, 1.54) is 0 Å². The molecule has 4 rings (SSSR count). The molecule has 2 N–H and O–H groups in total. The molecule has 0 atom stereocenters. The van der Waals surface area contributed by atoms with Crippen LogP contribution in [0.4, 0.5) is 11.4 Å². The highest BCUT2D eigenvalue weighted by atomic mass is 16.5. The van der Waals surface area contributed by atoms with Crippen molar-refractivity contribution in [1.82, 2.24) is 4.98 Å². The fourth-order valence-electron chi connectivity index (χ4n) is 3.84. The van der Waals surface area contributed by atoms with Crippen LogP contribution in [-0.4, -0.2) is 43.4 Å². The predicted molar refractivity (Wildman–Crippen MR) is 112 cm³/mol. The highest BCUT2D eigenvalue weighted by Crippen LogP contribution is 2.37. The lowest BCUT2D eigenvalue weighted by molar-refractivity contribution is 0.355. The molecule has 1 fully saturated rings. The molecule has 6 nitrogen and oxygen atoms in total. The van der Waals surface area contributed by atoms with Gasteiger partial charge in [0, 0.05) is 30.7 Å². The molecule has 146 valence electrons. The van der Waals surface area contributed by atoms with Gasteiger partial charge in [0.25, 0.3) is 0 Å². The van der Waals surface area contributed by atoms with Crippen molar-refractivity contribution >= 4 is 22.3 Å². The van der Waals surface area contributed by atoms with Crippen molar-refractivity contribution in [2.24, 2.45) is 0 Å². The van der Waals surface area contributed by atoms with Crippen LogP contribution in [0.25, 0.3) is 10.9 Å². The Morgan fingerprint density at radius 1 is 1.07 bits per heavy atom. The number of piperidine rings is 1. The normalized spacial score (nSPS) is 14.9. The third-order valence-electron chi connectivity index (χ3n) is 5.30. The van der Waals surface area contributed by atoms with Gasteiger partial charge in [-0.05, 0) is 43.2 Å². The van der Waals surface area contributed by atoms with Crippen molar-refractivity contribution in [2.45, 2.75) is 18.9 Å². The first-order chi connectivity index (χ1) is 13.7. The highest BCUT2D eigenvalue weighted by Gasteiger charge is 2.23. The van der Waals surface area contributed by atoms with Crippen LogP contribution in [0.3, 0.4) is 0 Å². The summed E-state index contributed by atoms with van der Waals surface area (Å²) >= 11 is 0. The minimum absolute atomic E-state index is 0.307. The lowest BCUT2D eigenvalue weighted by atomic mass is 10.0. The second kappa shape index (κ2) is 7.84. The van der Waals surface area contributed by atoms with Crippen LogP contribution in [-0.2, 0) is 0 Å². The number of phenolic OH excluding ortho intramolecular Hbond substituents is 1. The minimum atomic E-state index is 0.307. The van der Waals surface area contributed by atoms with Gasteiger partial charge in [0.05, 0.1) is 31.1 Å². The van der Waals surface area contributed by atoms with Gasteiger partial charge in [-0.2, -0.15) is 0 Å². The van der Waals surface area contributed by atoms with Crippen LogP contribution in [0.5, 0.6) is 17.2 Å². The van der Waals surface area contributed by atoms with Gasteiger partial charge in [-0.15, -0.1) is 0 Å². The molecule has 0 aliphatic carbocycles. The minimum Gasteiger partial charge on any atom is -0.506 e. The topological polar surface area (TPSA) is 66.9 Å². The molecule has 1 aliphatic rings. The van der Waals surface area contributed by atoms with Crippen LogP contribution < -0.4 is 19.7 Å². The Labute approximate surface area is 164 Å². The van der Waals surface area contributed by atoms with E-state index in [0.29, 0.717) is 11.8 Å². The van der Waals surface area contributed by atoms with Crippen LogP contribution in [0.2, 0.25) is 0 Å². The van der Waals surface area contributed by atoms with Crippen molar-refractivity contribution in [2.75, 3.05) is 37.5 Å². The van der Waals surface area contributed by atoms with E-state index < -0.39 is 0 Å². The maximum absolute atomic E-state index is 10.5. The molecule has 0 unspecified atom stereocenters. The summed E-state index contributed by atoms with van der Waals surface area (Å²) in [5.74, 6) is 1.76. The first-order valence-corrected chi connectivity index (χ1v) is 9.50. The number of hydrogen-bond acceptors (Lipinski definition) is 6. The number of anilines is 2. The van der Waals surface area contributed by atoms with Gasteiger partial charge in [-0.25, -0.2) is 0 Å². The number of fused-ring (bicyclic) bond motifs is 1. The van der Waals surface area contributed by atoms with Crippen molar-refractivity contribution in [1.29, 1.82) is 0 Å². The molecule has 0 amide bonds. The molecule has 1 aliphatic heterocycles. The Morgan fingerprint density at radius 3 is 2.64 bits per heavy atom. The van der Waals surface area contributed by atoms with Crippen molar-refractivity contribution in [3.63, 3.8) is 0 Å². The van der Waals surface area contributed by atoms with Crippen LogP contribution in [0.1, 0.15) is 12.8 Å². The molecule has 0 spiro atoms. The molecule has 0 saturated carbocycles. The van der Waals surface area contributed by atoms with E-state index >= 15 is 0 Å². The number of nitrogens with zero attached hydrogens (tertiary/aromatic N) is 2. The van der Waals surface area contributed by atoms with E-state index in [1.54, 1.807) is 26.5 Å². The van der Waals surface area contributed by atoms with Gasteiger partial charge in [-0.1, -0.05) is 12.1 Å². The van der Waals surface area contributed by atoms with Crippen molar-refractivity contribution in [3.05, 3.63) is 48.7 Å². The number of para-hydroxylation sites is 1. The summed E-state index contributed by atoms with van der Waals surface area (Å²) in [4.78, 5) is 6.63. The van der Waals surface area contributed by atoms with Crippen LogP contribution in [0, 0.1) is 0 Å². The molecule has 1 saturated heterocycles. The van der Waals surface area contributed by atoms with Gasteiger partial charge in [0.1, 0.15) is 5.75 Å². The number of aromatic hydroxyl groups is 1. The zero-order chi connectivity index (χ0) is 19.5. The molecule has 1 aromatic heterocycles. The first-order valence-electron chi connectivity index (χ1n) is 9.50. The van der Waals surface area contributed by atoms with Gasteiger partial charge in [0.15, 0.2) is 11.5 Å². The third-order valence-corrected chi connectivity index (χ3v) is 5.30. The number of pyridine rings is 1. The third kappa shape index (κ3) is 3.50. The Bertz CT molecular complexity index is 968. The summed E-state index contributed by atoms with van der Waals surface area (Å²) in [6.45, 7) is 1.71. The fraction of sp³-hybridized carbons (Fsp3) is 0.318. The Balaban J connectivity index is 1.46. The average molecular weight is 379 g/mol. The van der Waals surface area contributed by atoms with Gasteiger partial charge >= 0.3 is 0 Å². The van der Waals surface area contributed by atoms with Crippen molar-refractivity contribution in [3.8, 4) is 17.2 Å². The Hall–Kier alpha value is -3.15. The first kappa shape index (κ1) is 18.2. The quantitative estimate of drug-likeness (QED) is 0.697. The highest BCUT2D eigenvalue weighted by molar-refractivity contribution is 5.85. The van der Waals surface area contributed by atoms with Crippen LogP contribution in [0.15, 0.2) is 48.7 Å². The molecular weight excluding hydrogens is 354 g/mol. The lowest BCUT2D eigenvalue weighted by Gasteiger charge is -2.35. The summed E-state index contributed by atoms with van der Waals surface area (Å²) < 4.78 is 10.9. The maximum Gasteiger partial charge on any atom is 0.183 e. The summed E-state index contributed by atoms with van der Waals surface area (Å²) in [5, 5.41) is 15.0.